The van der Waals surface area contributed by atoms with Crippen molar-refractivity contribution in [1.82, 2.24) is 15.6 Å². The van der Waals surface area contributed by atoms with Gasteiger partial charge in [0.1, 0.15) is 12.2 Å². The summed E-state index contributed by atoms with van der Waals surface area (Å²) >= 11 is 6.03. The summed E-state index contributed by atoms with van der Waals surface area (Å²) in [5, 5.41) is 18.4. The Morgan fingerprint density at radius 1 is 1.25 bits per heavy atom. The first kappa shape index (κ1) is 26.9. The number of benzene rings is 1. The predicted molar refractivity (Wildman–Crippen MR) is 140 cm³/mol. The van der Waals surface area contributed by atoms with Crippen LogP contribution in [0.25, 0.3) is 0 Å². The topological polar surface area (TPSA) is 92.7 Å². The number of hydrogen-bond acceptors (Lipinski definition) is 6. The minimum Gasteiger partial charge on any atom is -0.471 e. The second-order valence-electron chi connectivity index (χ2n) is 10.6. The number of carbonyl (C=O) groups excluding carboxylic acids is 1. The largest absolute Gasteiger partial charge is 0.471 e. The first-order chi connectivity index (χ1) is 17.3. The fourth-order valence-corrected chi connectivity index (χ4v) is 5.29. The third kappa shape index (κ3) is 6.76. The van der Waals surface area contributed by atoms with Gasteiger partial charge in [-0.15, -0.1) is 0 Å². The van der Waals surface area contributed by atoms with Crippen molar-refractivity contribution in [2.75, 3.05) is 20.3 Å². The Bertz CT molecular complexity index is 1030. The van der Waals surface area contributed by atoms with E-state index in [0.29, 0.717) is 29.8 Å². The normalized spacial score (nSPS) is 19.8. The average Bonchev–Trinajstić information content (AvgIpc) is 2.82. The van der Waals surface area contributed by atoms with Crippen LogP contribution in [0.2, 0.25) is 5.02 Å². The number of methoxy groups -OCH3 is 1. The summed E-state index contributed by atoms with van der Waals surface area (Å²) in [6.07, 6.45) is 6.60. The van der Waals surface area contributed by atoms with Gasteiger partial charge in [0.2, 0.25) is 11.8 Å². The highest BCUT2D eigenvalue weighted by molar-refractivity contribution is 6.30. The SMILES string of the molecule is COCC(=O)N[C@@H](Cc1ccc(Cl)cc1)[C@H](O)CN[C@H]1CC2(CCC2)Oc2ncc(CC(C)C)cc21. The van der Waals surface area contributed by atoms with Crippen molar-refractivity contribution in [3.8, 4) is 5.88 Å². The first-order valence-corrected chi connectivity index (χ1v) is 13.3. The molecule has 7 nitrogen and oxygen atoms in total. The van der Waals surface area contributed by atoms with Gasteiger partial charge in [-0.2, -0.15) is 0 Å². The Morgan fingerprint density at radius 3 is 2.64 bits per heavy atom. The van der Waals surface area contributed by atoms with Crippen LogP contribution in [0.3, 0.4) is 0 Å². The van der Waals surface area contributed by atoms with Crippen molar-refractivity contribution in [1.29, 1.82) is 0 Å². The zero-order valence-corrected chi connectivity index (χ0v) is 22.2. The fraction of sp³-hybridized carbons (Fsp3) is 0.571. The minimum atomic E-state index is -0.808. The number of aromatic nitrogens is 1. The summed E-state index contributed by atoms with van der Waals surface area (Å²) in [5.74, 6) is 0.972. The maximum Gasteiger partial charge on any atom is 0.246 e. The quantitative estimate of drug-likeness (QED) is 0.419. The Hall–Kier alpha value is -2.19. The second-order valence-corrected chi connectivity index (χ2v) is 11.1. The Balaban J connectivity index is 1.49. The molecule has 196 valence electrons. The van der Waals surface area contributed by atoms with Gasteiger partial charge in [0.05, 0.1) is 12.1 Å². The molecule has 1 aromatic heterocycles. The van der Waals surface area contributed by atoms with Gasteiger partial charge in [-0.25, -0.2) is 4.98 Å². The van der Waals surface area contributed by atoms with E-state index in [1.807, 2.05) is 30.5 Å². The van der Waals surface area contributed by atoms with Crippen LogP contribution in [-0.4, -0.2) is 54.0 Å². The summed E-state index contributed by atoms with van der Waals surface area (Å²) in [5.41, 5.74) is 3.05. The molecule has 1 amide bonds. The van der Waals surface area contributed by atoms with Gasteiger partial charge in [-0.3, -0.25) is 4.79 Å². The predicted octanol–water partition coefficient (Wildman–Crippen LogP) is 4.00. The molecule has 2 heterocycles. The average molecular weight is 516 g/mol. The van der Waals surface area contributed by atoms with Gasteiger partial charge in [0, 0.05) is 42.9 Å². The van der Waals surface area contributed by atoms with E-state index < -0.39 is 12.1 Å². The smallest absolute Gasteiger partial charge is 0.246 e. The van der Waals surface area contributed by atoms with E-state index in [4.69, 9.17) is 21.1 Å². The summed E-state index contributed by atoms with van der Waals surface area (Å²) in [7, 11) is 1.48. The number of carbonyl (C=O) groups is 1. The Labute approximate surface area is 218 Å². The molecule has 3 atom stereocenters. The number of rotatable bonds is 11. The van der Waals surface area contributed by atoms with E-state index in [-0.39, 0.29) is 24.2 Å². The number of amides is 1. The lowest BCUT2D eigenvalue weighted by Gasteiger charge is -2.47. The van der Waals surface area contributed by atoms with Gasteiger partial charge in [-0.05, 0) is 67.3 Å². The molecule has 4 rings (SSSR count). The van der Waals surface area contributed by atoms with Gasteiger partial charge < -0.3 is 25.2 Å². The zero-order chi connectivity index (χ0) is 25.7. The number of ether oxygens (including phenoxy) is 2. The van der Waals surface area contributed by atoms with Crippen LogP contribution >= 0.6 is 11.6 Å². The number of fused-ring (bicyclic) bond motifs is 1. The van der Waals surface area contributed by atoms with Crippen molar-refractivity contribution < 1.29 is 19.4 Å². The monoisotopic (exact) mass is 515 g/mol. The van der Waals surface area contributed by atoms with Gasteiger partial charge >= 0.3 is 0 Å². The fourth-order valence-electron chi connectivity index (χ4n) is 5.16. The lowest BCUT2D eigenvalue weighted by Crippen LogP contribution is -2.52. The second kappa shape index (κ2) is 11.9. The third-order valence-corrected chi connectivity index (χ3v) is 7.39. The summed E-state index contributed by atoms with van der Waals surface area (Å²) in [4.78, 5) is 17.0. The van der Waals surface area contributed by atoms with Crippen molar-refractivity contribution in [3.05, 3.63) is 58.2 Å². The summed E-state index contributed by atoms with van der Waals surface area (Å²) in [6.45, 7) is 4.66. The molecule has 1 aromatic carbocycles. The molecule has 0 radical (unpaired) electrons. The molecular weight excluding hydrogens is 478 g/mol. The molecule has 8 heteroatoms. The molecule has 1 spiro atoms. The number of hydrogen-bond donors (Lipinski definition) is 3. The molecule has 0 bridgehead atoms. The highest BCUT2D eigenvalue weighted by atomic mass is 35.5. The van der Waals surface area contributed by atoms with E-state index in [0.717, 1.165) is 43.2 Å². The van der Waals surface area contributed by atoms with Crippen molar-refractivity contribution in [2.24, 2.45) is 5.92 Å². The van der Waals surface area contributed by atoms with Gasteiger partial charge in [0.15, 0.2) is 0 Å². The molecule has 3 N–H and O–H groups in total. The minimum absolute atomic E-state index is 0.0224. The molecule has 36 heavy (non-hydrogen) atoms. The highest BCUT2D eigenvalue weighted by Gasteiger charge is 2.46. The van der Waals surface area contributed by atoms with Gasteiger partial charge in [0.25, 0.3) is 0 Å². The summed E-state index contributed by atoms with van der Waals surface area (Å²) in [6, 6.07) is 9.19. The molecule has 0 unspecified atom stereocenters. The summed E-state index contributed by atoms with van der Waals surface area (Å²) < 4.78 is 11.3. The number of halogens is 1. The molecule has 0 saturated heterocycles. The van der Waals surface area contributed by atoms with Crippen LogP contribution in [0.1, 0.15) is 62.3 Å². The van der Waals surface area contributed by atoms with Crippen LogP contribution in [-0.2, 0) is 22.4 Å². The van der Waals surface area contributed by atoms with Crippen LogP contribution in [0.15, 0.2) is 36.5 Å². The molecule has 1 aliphatic heterocycles. The van der Waals surface area contributed by atoms with Crippen LogP contribution in [0.5, 0.6) is 5.88 Å². The van der Waals surface area contributed by atoms with Crippen LogP contribution in [0, 0.1) is 5.92 Å². The molecule has 1 saturated carbocycles. The van der Waals surface area contributed by atoms with Crippen molar-refractivity contribution in [3.63, 3.8) is 0 Å². The zero-order valence-electron chi connectivity index (χ0n) is 21.4. The van der Waals surface area contributed by atoms with E-state index in [1.165, 1.54) is 12.7 Å². The number of nitrogens with zero attached hydrogens (tertiary/aromatic N) is 1. The van der Waals surface area contributed by atoms with E-state index >= 15 is 0 Å². The van der Waals surface area contributed by atoms with E-state index in [2.05, 4.69) is 35.5 Å². The Morgan fingerprint density at radius 2 is 2.00 bits per heavy atom. The standard InChI is InChI=1S/C28H38ClN3O4/c1-18(2)11-20-12-22-24(14-28(9-4-10-28)36-27(22)31-15-20)30-16-25(33)23(32-26(34)17-35-3)13-19-5-7-21(29)8-6-19/h5-8,12,15,18,23-25,30,33H,4,9-11,13-14,16-17H2,1-3H3,(H,32,34)/t23-,24-,25+/m0/s1. The molecule has 2 aromatic rings. The van der Waals surface area contributed by atoms with Crippen molar-refractivity contribution >= 4 is 17.5 Å². The molecular formula is C28H38ClN3O4. The third-order valence-electron chi connectivity index (χ3n) is 7.14. The molecule has 1 aliphatic carbocycles. The van der Waals surface area contributed by atoms with Crippen LogP contribution < -0.4 is 15.4 Å². The molecule has 2 aliphatic rings. The number of aliphatic hydroxyl groups excluding tert-OH is 1. The highest BCUT2D eigenvalue weighted by Crippen LogP contribution is 2.48. The first-order valence-electron chi connectivity index (χ1n) is 12.9. The van der Waals surface area contributed by atoms with Crippen LogP contribution in [0.4, 0.5) is 0 Å². The maximum atomic E-state index is 12.3. The molecule has 1 fully saturated rings. The maximum absolute atomic E-state index is 12.3. The lowest BCUT2D eigenvalue weighted by atomic mass is 9.73. The number of nitrogens with one attached hydrogen (secondary N) is 2. The van der Waals surface area contributed by atoms with E-state index in [9.17, 15) is 9.90 Å². The van der Waals surface area contributed by atoms with Gasteiger partial charge in [-0.1, -0.05) is 37.6 Å². The lowest BCUT2D eigenvalue weighted by molar-refractivity contribution is -0.126. The van der Waals surface area contributed by atoms with Crippen molar-refractivity contribution in [2.45, 2.75) is 76.2 Å². The number of pyridine rings is 1. The number of aliphatic hydroxyl groups is 1. The van der Waals surface area contributed by atoms with E-state index in [1.54, 1.807) is 0 Å². The Kier molecular flexibility index (Phi) is 8.88.